The highest BCUT2D eigenvalue weighted by atomic mass is 32.2. The molecule has 1 aliphatic rings. The molecule has 34 heavy (non-hydrogen) atoms. The molecule has 1 aliphatic heterocycles. The predicted octanol–water partition coefficient (Wildman–Crippen LogP) is 0.697. The van der Waals surface area contributed by atoms with Gasteiger partial charge in [-0.15, -0.1) is 6.42 Å². The maximum atomic E-state index is 11.4. The van der Waals surface area contributed by atoms with E-state index in [0.717, 1.165) is 43.4 Å². The number of hydrogen-bond acceptors (Lipinski definition) is 9. The number of aliphatic carboxylic acids is 3. The van der Waals surface area contributed by atoms with Crippen molar-refractivity contribution in [3.05, 3.63) is 17.7 Å². The molecule has 0 unspecified atom stereocenters. The van der Waals surface area contributed by atoms with Crippen molar-refractivity contribution in [2.75, 3.05) is 30.9 Å². The van der Waals surface area contributed by atoms with Gasteiger partial charge in [0.05, 0.1) is 19.1 Å². The van der Waals surface area contributed by atoms with Gasteiger partial charge in [-0.25, -0.2) is 4.79 Å². The van der Waals surface area contributed by atoms with Crippen LogP contribution >= 0.6 is 0 Å². The van der Waals surface area contributed by atoms with Crippen LogP contribution in [0.2, 0.25) is 0 Å². The number of carboxylic acids is 3. The monoisotopic (exact) mass is 501 g/mol. The number of carbonyl (C=O) groups is 3. The van der Waals surface area contributed by atoms with Gasteiger partial charge in [-0.05, 0) is 31.9 Å². The van der Waals surface area contributed by atoms with E-state index in [-0.39, 0.29) is 12.4 Å². The third-order valence-electron chi connectivity index (χ3n) is 4.61. The minimum Gasteiger partial charge on any atom is -0.481 e. The fraction of sp³-hybridized carbons (Fsp3) is 0.476. The summed E-state index contributed by atoms with van der Waals surface area (Å²) in [6, 6.07) is 3.48. The van der Waals surface area contributed by atoms with Gasteiger partial charge in [-0.3, -0.25) is 9.59 Å². The van der Waals surface area contributed by atoms with Crippen LogP contribution in [-0.4, -0.2) is 78.3 Å². The zero-order valence-corrected chi connectivity index (χ0v) is 19.5. The summed E-state index contributed by atoms with van der Waals surface area (Å²) >= 11 is 0. The summed E-state index contributed by atoms with van der Waals surface area (Å²) in [7, 11) is -3.62. The fourth-order valence-corrected chi connectivity index (χ4v) is 3.65. The van der Waals surface area contributed by atoms with Gasteiger partial charge in [0.15, 0.2) is 17.1 Å². The van der Waals surface area contributed by atoms with Crippen molar-refractivity contribution in [2.24, 2.45) is 0 Å². The highest BCUT2D eigenvalue weighted by Crippen LogP contribution is 2.39. The number of terminal acetylenes is 1. The van der Waals surface area contributed by atoms with Crippen LogP contribution in [0.15, 0.2) is 12.1 Å². The van der Waals surface area contributed by atoms with Crippen LogP contribution in [-0.2, 0) is 24.5 Å². The molecule has 0 atom stereocenters. The van der Waals surface area contributed by atoms with E-state index in [1.165, 1.54) is 0 Å². The van der Waals surface area contributed by atoms with Gasteiger partial charge in [-0.1, -0.05) is 5.92 Å². The third kappa shape index (κ3) is 8.80. The highest BCUT2D eigenvalue weighted by Gasteiger charge is 2.40. The number of anilines is 1. The number of rotatable bonds is 10. The number of benzene rings is 1. The average molecular weight is 502 g/mol. The summed E-state index contributed by atoms with van der Waals surface area (Å²) in [4.78, 5) is 32.7. The van der Waals surface area contributed by atoms with E-state index in [2.05, 4.69) is 10.8 Å². The molecule has 12 nitrogen and oxygen atoms in total. The molecular formula is C21H27NO11S. The Morgan fingerprint density at radius 2 is 1.65 bits per heavy atom. The molecule has 188 valence electrons. The van der Waals surface area contributed by atoms with Gasteiger partial charge in [0, 0.05) is 24.3 Å². The summed E-state index contributed by atoms with van der Waals surface area (Å²) in [6.07, 6.45) is 6.24. The van der Waals surface area contributed by atoms with Crippen LogP contribution in [0, 0.1) is 19.3 Å². The zero-order valence-electron chi connectivity index (χ0n) is 18.7. The summed E-state index contributed by atoms with van der Waals surface area (Å²) in [5.41, 5.74) is -0.869. The molecule has 0 spiro atoms. The molecule has 0 saturated carbocycles. The summed E-state index contributed by atoms with van der Waals surface area (Å²) in [5.74, 6) is -2.07. The van der Waals surface area contributed by atoms with E-state index >= 15 is 0 Å². The quantitative estimate of drug-likeness (QED) is 0.260. The second-order valence-corrected chi connectivity index (χ2v) is 9.06. The summed E-state index contributed by atoms with van der Waals surface area (Å²) in [6.45, 7) is 3.92. The number of carboxylic acid groups (broad SMARTS) is 3. The molecule has 1 saturated heterocycles. The Labute approximate surface area is 196 Å². The van der Waals surface area contributed by atoms with Crippen LogP contribution in [0.4, 0.5) is 5.69 Å². The van der Waals surface area contributed by atoms with E-state index in [4.69, 9.17) is 35.8 Å². The Bertz CT molecular complexity index is 1040. The predicted molar refractivity (Wildman–Crippen MR) is 120 cm³/mol. The van der Waals surface area contributed by atoms with Gasteiger partial charge >= 0.3 is 28.0 Å². The lowest BCUT2D eigenvalue weighted by atomic mass is 9.96. The fourth-order valence-electron chi connectivity index (χ4n) is 3.19. The SMILES string of the molecule is C#CCOc1c(OS(C)(=O)=O)ccc(N2CCCC2)c1C.O=C(O)CC(O)(CC(=O)O)C(=O)O. The van der Waals surface area contributed by atoms with Gasteiger partial charge in [0.2, 0.25) is 0 Å². The van der Waals surface area contributed by atoms with E-state index < -0.39 is 46.5 Å². The first-order valence-electron chi connectivity index (χ1n) is 9.94. The molecule has 0 radical (unpaired) electrons. The first kappa shape index (κ1) is 28.5. The molecule has 13 heteroatoms. The van der Waals surface area contributed by atoms with Gasteiger partial charge < -0.3 is 34.2 Å². The van der Waals surface area contributed by atoms with Crippen molar-refractivity contribution in [1.82, 2.24) is 0 Å². The van der Waals surface area contributed by atoms with Crippen LogP contribution in [0.3, 0.4) is 0 Å². The normalized spacial score (nSPS) is 13.3. The lowest BCUT2D eigenvalue weighted by molar-refractivity contribution is -0.170. The van der Waals surface area contributed by atoms with Gasteiger partial charge in [0.25, 0.3) is 0 Å². The first-order chi connectivity index (χ1) is 15.7. The second kappa shape index (κ2) is 12.1. The van der Waals surface area contributed by atoms with E-state index in [1.54, 1.807) is 6.07 Å². The van der Waals surface area contributed by atoms with Crippen LogP contribution in [0.5, 0.6) is 11.5 Å². The summed E-state index contributed by atoms with van der Waals surface area (Å²) < 4.78 is 33.2. The van der Waals surface area contributed by atoms with Crippen molar-refractivity contribution in [3.8, 4) is 23.8 Å². The molecule has 1 fully saturated rings. The number of nitrogens with zero attached hydrogens (tertiary/aromatic N) is 1. The Balaban J connectivity index is 0.000000385. The highest BCUT2D eigenvalue weighted by molar-refractivity contribution is 7.86. The topological polar surface area (TPSA) is 188 Å². The standard InChI is InChI=1S/C15H19NO4S.C6H8O7/c1-4-11-19-15-12(2)13(16-9-5-6-10-16)7-8-14(15)20-21(3,17)18;7-3(8)1-6(13,5(11)12)2-4(9)10/h1,7-8H,5-6,9-11H2,2-3H3;13H,1-2H2,(H,7,8)(H,9,10)(H,11,12). The minimum atomic E-state index is -3.62. The minimum absolute atomic E-state index is 0.0599. The average Bonchev–Trinajstić information content (AvgIpc) is 3.20. The Morgan fingerprint density at radius 3 is 2.06 bits per heavy atom. The Hall–Kier alpha value is -3.50. The van der Waals surface area contributed by atoms with E-state index in [9.17, 15) is 22.8 Å². The molecule has 1 aromatic carbocycles. The Kier molecular flexibility index (Phi) is 10.2. The Morgan fingerprint density at radius 1 is 1.12 bits per heavy atom. The molecular weight excluding hydrogens is 474 g/mol. The van der Waals surface area contributed by atoms with E-state index in [1.807, 2.05) is 13.0 Å². The van der Waals surface area contributed by atoms with Crippen LogP contribution < -0.4 is 13.8 Å². The molecule has 4 N–H and O–H groups in total. The van der Waals surface area contributed by atoms with Crippen molar-refractivity contribution >= 4 is 33.7 Å². The van der Waals surface area contributed by atoms with Crippen molar-refractivity contribution in [2.45, 2.75) is 38.2 Å². The smallest absolute Gasteiger partial charge is 0.336 e. The lowest BCUT2D eigenvalue weighted by Gasteiger charge is -2.23. The lowest BCUT2D eigenvalue weighted by Crippen LogP contribution is -2.42. The molecule has 1 aromatic rings. The first-order valence-corrected chi connectivity index (χ1v) is 11.8. The van der Waals surface area contributed by atoms with Crippen LogP contribution in [0.1, 0.15) is 31.2 Å². The van der Waals surface area contributed by atoms with E-state index in [0.29, 0.717) is 5.75 Å². The molecule has 0 bridgehead atoms. The van der Waals surface area contributed by atoms with Gasteiger partial charge in [0.1, 0.15) is 6.61 Å². The number of ether oxygens (including phenoxy) is 1. The zero-order chi connectivity index (χ0) is 26.1. The maximum Gasteiger partial charge on any atom is 0.336 e. The largest absolute Gasteiger partial charge is 0.481 e. The molecule has 1 heterocycles. The maximum absolute atomic E-state index is 11.4. The molecule has 0 aromatic heterocycles. The number of aliphatic hydroxyl groups is 1. The van der Waals surface area contributed by atoms with Gasteiger partial charge in [-0.2, -0.15) is 8.42 Å². The molecule has 0 aliphatic carbocycles. The summed E-state index contributed by atoms with van der Waals surface area (Å²) in [5, 5.41) is 33.8. The molecule has 0 amide bonds. The third-order valence-corrected chi connectivity index (χ3v) is 5.10. The van der Waals surface area contributed by atoms with Crippen LogP contribution in [0.25, 0.3) is 0 Å². The van der Waals surface area contributed by atoms with Crippen molar-refractivity contribution in [1.29, 1.82) is 0 Å². The second-order valence-electron chi connectivity index (χ2n) is 7.49. The molecule has 2 rings (SSSR count). The number of hydrogen-bond donors (Lipinski definition) is 4. The van der Waals surface area contributed by atoms with Crippen molar-refractivity contribution in [3.63, 3.8) is 0 Å². The van der Waals surface area contributed by atoms with Crippen molar-refractivity contribution < 1.29 is 52.1 Å².